The summed E-state index contributed by atoms with van der Waals surface area (Å²) in [6, 6.07) is 0.196. The second kappa shape index (κ2) is 6.52. The summed E-state index contributed by atoms with van der Waals surface area (Å²) in [6.07, 6.45) is 4.68. The molecule has 3 atom stereocenters. The molecular weight excluding hydrogens is 264 g/mol. The molecule has 1 aliphatic carbocycles. The molecular formula is C13H28N2O3S. The maximum Gasteiger partial charge on any atom is 0.150 e. The van der Waals surface area contributed by atoms with Gasteiger partial charge >= 0.3 is 0 Å². The van der Waals surface area contributed by atoms with Crippen LogP contribution < -0.4 is 5.32 Å². The van der Waals surface area contributed by atoms with Crippen LogP contribution in [0.5, 0.6) is 0 Å². The van der Waals surface area contributed by atoms with E-state index in [9.17, 15) is 13.5 Å². The second-order valence-electron chi connectivity index (χ2n) is 6.43. The third-order valence-corrected chi connectivity index (χ3v) is 5.30. The zero-order valence-electron chi connectivity index (χ0n) is 12.5. The zero-order valence-corrected chi connectivity index (χ0v) is 13.3. The Labute approximate surface area is 117 Å². The highest BCUT2D eigenvalue weighted by molar-refractivity contribution is 7.91. The van der Waals surface area contributed by atoms with E-state index >= 15 is 0 Å². The number of hydrogen-bond donors (Lipinski definition) is 2. The van der Waals surface area contributed by atoms with E-state index in [2.05, 4.69) is 5.32 Å². The minimum Gasteiger partial charge on any atom is -0.388 e. The van der Waals surface area contributed by atoms with Crippen LogP contribution >= 0.6 is 0 Å². The molecule has 0 amide bonds. The number of rotatable bonds is 6. The van der Waals surface area contributed by atoms with Crippen molar-refractivity contribution in [2.24, 2.45) is 0 Å². The van der Waals surface area contributed by atoms with Crippen LogP contribution in [-0.4, -0.2) is 68.8 Å². The Kier molecular flexibility index (Phi) is 5.79. The lowest BCUT2D eigenvalue weighted by molar-refractivity contribution is 0.0302. The first-order chi connectivity index (χ1) is 8.60. The Bertz CT molecular complexity index is 379. The van der Waals surface area contributed by atoms with Crippen LogP contribution in [-0.2, 0) is 9.84 Å². The Morgan fingerprint density at radius 1 is 1.37 bits per heavy atom. The van der Waals surface area contributed by atoms with E-state index in [1.54, 1.807) is 6.92 Å². The normalized spacial score (nSPS) is 28.3. The van der Waals surface area contributed by atoms with Gasteiger partial charge in [-0.15, -0.1) is 0 Å². The Hall–Kier alpha value is -0.170. The van der Waals surface area contributed by atoms with Crippen molar-refractivity contribution in [3.05, 3.63) is 0 Å². The number of likely N-dealkylation sites (N-methyl/N-ethyl adjacent to an activating group) is 1. The molecule has 1 fully saturated rings. The number of nitrogens with zero attached hydrogens (tertiary/aromatic N) is 1. The summed E-state index contributed by atoms with van der Waals surface area (Å²) in [5.74, 6) is 0. The van der Waals surface area contributed by atoms with E-state index < -0.39 is 15.4 Å². The molecule has 0 aromatic rings. The van der Waals surface area contributed by atoms with Gasteiger partial charge in [0, 0.05) is 25.4 Å². The molecule has 0 aliphatic heterocycles. The van der Waals surface area contributed by atoms with Crippen LogP contribution in [0, 0.1) is 0 Å². The van der Waals surface area contributed by atoms with Crippen LogP contribution in [0.1, 0.15) is 32.6 Å². The highest BCUT2D eigenvalue weighted by Gasteiger charge is 2.30. The first kappa shape index (κ1) is 16.9. The summed E-state index contributed by atoms with van der Waals surface area (Å²) in [7, 11) is 0.908. The largest absolute Gasteiger partial charge is 0.388 e. The SMILES string of the molecule is CN(C)CC(C)(O)CNC1CCCC(S(C)(=O)=O)C1. The quantitative estimate of drug-likeness (QED) is 0.734. The number of hydrogen-bond acceptors (Lipinski definition) is 5. The van der Waals surface area contributed by atoms with Crippen molar-refractivity contribution in [1.82, 2.24) is 10.2 Å². The standard InChI is InChI=1S/C13H28N2O3S/c1-13(16,10-15(2)3)9-14-11-6-5-7-12(8-11)19(4,17)18/h11-12,14,16H,5-10H2,1-4H3. The molecule has 0 spiro atoms. The highest BCUT2D eigenvalue weighted by Crippen LogP contribution is 2.24. The third-order valence-electron chi connectivity index (χ3n) is 3.66. The number of sulfone groups is 1. The van der Waals surface area contributed by atoms with Gasteiger partial charge in [0.15, 0.2) is 0 Å². The molecule has 19 heavy (non-hydrogen) atoms. The molecule has 114 valence electrons. The summed E-state index contributed by atoms with van der Waals surface area (Å²) in [6.45, 7) is 2.88. The van der Waals surface area contributed by atoms with Gasteiger partial charge in [0.05, 0.1) is 10.9 Å². The first-order valence-electron chi connectivity index (χ1n) is 6.89. The summed E-state index contributed by atoms with van der Waals surface area (Å²) < 4.78 is 23.2. The molecule has 0 bridgehead atoms. The predicted octanol–water partition coefficient (Wildman–Crippen LogP) is 0.244. The summed E-state index contributed by atoms with van der Waals surface area (Å²) in [5, 5.41) is 13.3. The minimum absolute atomic E-state index is 0.196. The van der Waals surface area contributed by atoms with Gasteiger partial charge in [-0.1, -0.05) is 6.42 Å². The summed E-state index contributed by atoms with van der Waals surface area (Å²) in [5.41, 5.74) is -0.790. The van der Waals surface area contributed by atoms with Crippen molar-refractivity contribution in [2.45, 2.75) is 49.5 Å². The van der Waals surface area contributed by atoms with Crippen LogP contribution in [0.2, 0.25) is 0 Å². The summed E-state index contributed by atoms with van der Waals surface area (Å²) in [4.78, 5) is 1.95. The van der Waals surface area contributed by atoms with Gasteiger partial charge in [0.2, 0.25) is 0 Å². The monoisotopic (exact) mass is 292 g/mol. The third kappa shape index (κ3) is 6.21. The molecule has 0 saturated heterocycles. The van der Waals surface area contributed by atoms with Crippen molar-refractivity contribution < 1.29 is 13.5 Å². The van der Waals surface area contributed by atoms with E-state index in [0.29, 0.717) is 19.5 Å². The first-order valence-corrected chi connectivity index (χ1v) is 8.85. The van der Waals surface area contributed by atoms with E-state index in [-0.39, 0.29) is 11.3 Å². The van der Waals surface area contributed by atoms with Gasteiger partial charge in [0.1, 0.15) is 9.84 Å². The van der Waals surface area contributed by atoms with Crippen molar-refractivity contribution in [3.63, 3.8) is 0 Å². The summed E-state index contributed by atoms with van der Waals surface area (Å²) >= 11 is 0. The molecule has 6 heteroatoms. The van der Waals surface area contributed by atoms with Crippen LogP contribution in [0.3, 0.4) is 0 Å². The van der Waals surface area contributed by atoms with E-state index in [0.717, 1.165) is 19.3 Å². The van der Waals surface area contributed by atoms with E-state index in [4.69, 9.17) is 0 Å². The lowest BCUT2D eigenvalue weighted by Crippen LogP contribution is -2.49. The minimum atomic E-state index is -2.94. The highest BCUT2D eigenvalue weighted by atomic mass is 32.2. The predicted molar refractivity (Wildman–Crippen MR) is 78.1 cm³/mol. The Morgan fingerprint density at radius 3 is 2.53 bits per heavy atom. The Balaban J connectivity index is 2.45. The van der Waals surface area contributed by atoms with Gasteiger partial charge in [-0.2, -0.15) is 0 Å². The topological polar surface area (TPSA) is 69.6 Å². The maximum absolute atomic E-state index is 11.6. The fraction of sp³-hybridized carbons (Fsp3) is 1.00. The molecule has 1 rings (SSSR count). The van der Waals surface area contributed by atoms with Crippen molar-refractivity contribution in [1.29, 1.82) is 0 Å². The molecule has 1 saturated carbocycles. The smallest absolute Gasteiger partial charge is 0.150 e. The van der Waals surface area contributed by atoms with Crippen LogP contribution in [0.4, 0.5) is 0 Å². The lowest BCUT2D eigenvalue weighted by atomic mass is 9.94. The molecule has 0 aromatic carbocycles. The molecule has 0 aromatic heterocycles. The molecule has 0 radical (unpaired) electrons. The van der Waals surface area contributed by atoms with Gasteiger partial charge in [0.25, 0.3) is 0 Å². The molecule has 3 unspecified atom stereocenters. The van der Waals surface area contributed by atoms with Gasteiger partial charge in [-0.05, 0) is 40.3 Å². The van der Waals surface area contributed by atoms with Gasteiger partial charge in [-0.25, -0.2) is 8.42 Å². The fourth-order valence-corrected chi connectivity index (χ4v) is 4.00. The molecule has 1 aliphatic rings. The maximum atomic E-state index is 11.6. The molecule has 5 nitrogen and oxygen atoms in total. The van der Waals surface area contributed by atoms with E-state index in [1.807, 2.05) is 19.0 Å². The Morgan fingerprint density at radius 2 is 2.00 bits per heavy atom. The van der Waals surface area contributed by atoms with Crippen LogP contribution in [0.15, 0.2) is 0 Å². The molecule has 2 N–H and O–H groups in total. The van der Waals surface area contributed by atoms with Crippen LogP contribution in [0.25, 0.3) is 0 Å². The number of aliphatic hydroxyl groups is 1. The van der Waals surface area contributed by atoms with Crippen molar-refractivity contribution in [2.75, 3.05) is 33.4 Å². The second-order valence-corrected chi connectivity index (χ2v) is 8.76. The average molecular weight is 292 g/mol. The van der Waals surface area contributed by atoms with Gasteiger partial charge < -0.3 is 15.3 Å². The van der Waals surface area contributed by atoms with E-state index in [1.165, 1.54) is 6.26 Å². The lowest BCUT2D eigenvalue weighted by Gasteiger charge is -2.33. The number of nitrogens with one attached hydrogen (secondary N) is 1. The average Bonchev–Trinajstić information content (AvgIpc) is 2.24. The zero-order chi connectivity index (χ0) is 14.7. The fourth-order valence-electron chi connectivity index (χ4n) is 2.82. The van der Waals surface area contributed by atoms with Crippen molar-refractivity contribution in [3.8, 4) is 0 Å². The molecule has 0 heterocycles. The van der Waals surface area contributed by atoms with Crippen molar-refractivity contribution >= 4 is 9.84 Å². The van der Waals surface area contributed by atoms with Gasteiger partial charge in [-0.3, -0.25) is 0 Å².